The molecule has 0 fully saturated rings. The van der Waals surface area contributed by atoms with Gasteiger partial charge in [-0.15, -0.1) is 35.3 Å². The molecule has 0 aliphatic rings. The van der Waals surface area contributed by atoms with Gasteiger partial charge in [-0.2, -0.15) is 0 Å². The Kier molecular flexibility index (Phi) is 38.6. The molecule has 0 atom stereocenters. The number of hydrogen-bond acceptors (Lipinski definition) is 3. The summed E-state index contributed by atoms with van der Waals surface area (Å²) in [7, 11) is 0. The second kappa shape index (κ2) is 39.9. The van der Waals surface area contributed by atoms with Gasteiger partial charge in [0.2, 0.25) is 0 Å². The summed E-state index contributed by atoms with van der Waals surface area (Å²) in [5, 5.41) is 0. The van der Waals surface area contributed by atoms with Crippen LogP contribution in [0.15, 0.2) is 26.8 Å². The van der Waals surface area contributed by atoms with Crippen molar-refractivity contribution in [2.75, 3.05) is 17.3 Å². The molecule has 0 amide bonds. The summed E-state index contributed by atoms with van der Waals surface area (Å²) in [6.45, 7) is 9.31. The Labute approximate surface area is 335 Å². The monoisotopic (exact) mass is 763 g/mol. The highest BCUT2D eigenvalue weighted by molar-refractivity contribution is 8.03. The minimum atomic E-state index is 1.22. The first kappa shape index (κ1) is 49.3. The fraction of sp³-hybridized carbons (Fsp3) is 0.875. The Balaban J connectivity index is 2.56. The van der Waals surface area contributed by atoms with Crippen LogP contribution in [0.2, 0.25) is 0 Å². The molecule has 3 heteroatoms. The van der Waals surface area contributed by atoms with Crippen molar-refractivity contribution in [1.29, 1.82) is 0 Å². The van der Waals surface area contributed by atoms with Crippen molar-refractivity contribution in [3.8, 4) is 0 Å². The Morgan fingerprint density at radius 1 is 0.294 bits per heavy atom. The fourth-order valence-corrected chi connectivity index (χ4v) is 11.1. The first-order chi connectivity index (χ1) is 25.3. The summed E-state index contributed by atoms with van der Waals surface area (Å²) in [5.74, 6) is 3.88. The maximum atomic E-state index is 2.60. The topological polar surface area (TPSA) is 0 Å². The van der Waals surface area contributed by atoms with Gasteiger partial charge in [-0.25, -0.2) is 0 Å². The van der Waals surface area contributed by atoms with Gasteiger partial charge in [0.05, 0.1) is 0 Å². The van der Waals surface area contributed by atoms with E-state index in [4.69, 9.17) is 0 Å². The van der Waals surface area contributed by atoms with Crippen molar-refractivity contribution in [1.82, 2.24) is 0 Å². The highest BCUT2D eigenvalue weighted by Gasteiger charge is 2.13. The quantitative estimate of drug-likeness (QED) is 0.0482. The fourth-order valence-electron chi connectivity index (χ4n) is 7.26. The van der Waals surface area contributed by atoms with E-state index in [0.29, 0.717) is 0 Å². The molecule has 0 aromatic heterocycles. The van der Waals surface area contributed by atoms with Crippen LogP contribution in [-0.2, 0) is 6.42 Å². The molecule has 0 radical (unpaired) electrons. The van der Waals surface area contributed by atoms with Gasteiger partial charge in [0.15, 0.2) is 0 Å². The van der Waals surface area contributed by atoms with Crippen molar-refractivity contribution in [2.24, 2.45) is 0 Å². The molecule has 0 nitrogen and oxygen atoms in total. The molecule has 0 heterocycles. The largest absolute Gasteiger partial charge is 0.125 e. The second-order valence-electron chi connectivity index (χ2n) is 15.8. The van der Waals surface area contributed by atoms with E-state index in [1.165, 1.54) is 242 Å². The smallest absolute Gasteiger partial charge is 0.0344 e. The van der Waals surface area contributed by atoms with Crippen LogP contribution in [0.5, 0.6) is 0 Å². The lowest BCUT2D eigenvalue weighted by molar-refractivity contribution is 0.555. The SMILES string of the molecule is CCCCCCCCCCCCCSc1cc(CCC)cc(SCCCCCCCCCCCCC)c1SCCCCCCCCCCCCC. The summed E-state index contributed by atoms with van der Waals surface area (Å²) in [4.78, 5) is 4.87. The van der Waals surface area contributed by atoms with Crippen molar-refractivity contribution in [2.45, 2.75) is 267 Å². The Bertz CT molecular complexity index is 787. The maximum Gasteiger partial charge on any atom is 0.0344 e. The van der Waals surface area contributed by atoms with E-state index in [9.17, 15) is 0 Å². The van der Waals surface area contributed by atoms with E-state index < -0.39 is 0 Å². The van der Waals surface area contributed by atoms with Gasteiger partial charge in [-0.1, -0.05) is 227 Å². The summed E-state index contributed by atoms with van der Waals surface area (Å²) in [5.41, 5.74) is 1.58. The molecule has 0 unspecified atom stereocenters. The summed E-state index contributed by atoms with van der Waals surface area (Å²) < 4.78 is 0. The minimum Gasteiger partial charge on any atom is -0.125 e. The molecule has 51 heavy (non-hydrogen) atoms. The summed E-state index contributed by atoms with van der Waals surface area (Å²) >= 11 is 6.59. The van der Waals surface area contributed by atoms with Crippen LogP contribution in [0, 0.1) is 0 Å². The summed E-state index contributed by atoms with van der Waals surface area (Å²) in [6, 6.07) is 5.20. The van der Waals surface area contributed by atoms with Gasteiger partial charge in [-0.3, -0.25) is 0 Å². The van der Waals surface area contributed by atoms with E-state index in [1.807, 2.05) is 0 Å². The molecule has 0 bridgehead atoms. The van der Waals surface area contributed by atoms with Gasteiger partial charge < -0.3 is 0 Å². The third-order valence-electron chi connectivity index (χ3n) is 10.6. The lowest BCUT2D eigenvalue weighted by Gasteiger charge is -2.17. The van der Waals surface area contributed by atoms with E-state index >= 15 is 0 Å². The van der Waals surface area contributed by atoms with E-state index in [2.05, 4.69) is 75.1 Å². The molecule has 0 saturated carbocycles. The lowest BCUT2D eigenvalue weighted by Crippen LogP contribution is -1.94. The number of benzene rings is 1. The molecule has 300 valence electrons. The van der Waals surface area contributed by atoms with Crippen LogP contribution < -0.4 is 0 Å². The molecule has 0 aliphatic heterocycles. The van der Waals surface area contributed by atoms with Crippen LogP contribution in [0.1, 0.15) is 252 Å². The first-order valence-electron chi connectivity index (χ1n) is 23.3. The van der Waals surface area contributed by atoms with Crippen molar-refractivity contribution in [3.05, 3.63) is 17.7 Å². The highest BCUT2D eigenvalue weighted by atomic mass is 32.2. The highest BCUT2D eigenvalue weighted by Crippen LogP contribution is 2.41. The molecular formula is C48H90S3. The molecular weight excluding hydrogens is 673 g/mol. The average molecular weight is 763 g/mol. The third kappa shape index (κ3) is 31.2. The molecule has 0 N–H and O–H groups in total. The van der Waals surface area contributed by atoms with Crippen LogP contribution in [-0.4, -0.2) is 17.3 Å². The van der Waals surface area contributed by atoms with Gasteiger partial charge in [0.1, 0.15) is 0 Å². The molecule has 1 rings (SSSR count). The molecule has 1 aromatic carbocycles. The molecule has 1 aromatic rings. The second-order valence-corrected chi connectivity index (χ2v) is 19.2. The molecule has 0 saturated heterocycles. The van der Waals surface area contributed by atoms with Gasteiger partial charge >= 0.3 is 0 Å². The van der Waals surface area contributed by atoms with Gasteiger partial charge in [0.25, 0.3) is 0 Å². The Morgan fingerprint density at radius 2 is 0.549 bits per heavy atom. The number of unbranched alkanes of at least 4 members (excludes halogenated alkanes) is 30. The number of rotatable bonds is 41. The first-order valence-corrected chi connectivity index (χ1v) is 26.3. The standard InChI is InChI=1S/C48H90S3/c1-5-9-12-15-18-21-24-27-30-33-36-40-49-46-43-45(39-8-4)44-47(50-41-37-34-31-28-25-22-19-16-13-10-6-2)48(46)51-42-38-35-32-29-26-23-20-17-14-11-7-3/h43-44H,5-42H2,1-4H3. The zero-order chi connectivity index (χ0) is 36.7. The van der Waals surface area contributed by atoms with E-state index in [1.54, 1.807) is 20.2 Å². The third-order valence-corrected chi connectivity index (χ3v) is 14.4. The predicted molar refractivity (Wildman–Crippen MR) is 242 cm³/mol. The van der Waals surface area contributed by atoms with Crippen molar-refractivity contribution >= 4 is 35.3 Å². The minimum absolute atomic E-state index is 1.22. The molecule has 0 spiro atoms. The Hall–Kier alpha value is 0.270. The Morgan fingerprint density at radius 3 is 0.824 bits per heavy atom. The van der Waals surface area contributed by atoms with Crippen LogP contribution >= 0.6 is 35.3 Å². The number of hydrogen-bond donors (Lipinski definition) is 0. The molecule has 0 aliphatic carbocycles. The van der Waals surface area contributed by atoms with Gasteiger partial charge in [0, 0.05) is 14.7 Å². The number of aryl methyl sites for hydroxylation is 1. The van der Waals surface area contributed by atoms with E-state index in [-0.39, 0.29) is 0 Å². The zero-order valence-electron chi connectivity index (χ0n) is 35.2. The lowest BCUT2D eigenvalue weighted by atomic mass is 10.1. The zero-order valence-corrected chi connectivity index (χ0v) is 37.7. The predicted octanol–water partition coefficient (Wildman–Crippen LogP) is 18.8. The van der Waals surface area contributed by atoms with E-state index in [0.717, 1.165) is 0 Å². The van der Waals surface area contributed by atoms with Crippen molar-refractivity contribution in [3.63, 3.8) is 0 Å². The van der Waals surface area contributed by atoms with Crippen LogP contribution in [0.4, 0.5) is 0 Å². The van der Waals surface area contributed by atoms with Gasteiger partial charge in [-0.05, 0) is 60.6 Å². The number of thioether (sulfide) groups is 3. The average Bonchev–Trinajstić information content (AvgIpc) is 3.13. The maximum absolute atomic E-state index is 2.60. The summed E-state index contributed by atoms with van der Waals surface area (Å²) in [6.07, 6.45) is 49.7. The normalized spacial score (nSPS) is 11.6. The van der Waals surface area contributed by atoms with Crippen LogP contribution in [0.3, 0.4) is 0 Å². The van der Waals surface area contributed by atoms with Crippen LogP contribution in [0.25, 0.3) is 0 Å². The van der Waals surface area contributed by atoms with Crippen molar-refractivity contribution < 1.29 is 0 Å².